The van der Waals surface area contributed by atoms with Gasteiger partial charge in [0.1, 0.15) is 0 Å². The van der Waals surface area contributed by atoms with Gasteiger partial charge in [0.25, 0.3) is 0 Å². The molecule has 0 saturated carbocycles. The van der Waals surface area contributed by atoms with Gasteiger partial charge in [-0.1, -0.05) is 12.1 Å². The Morgan fingerprint density at radius 2 is 1.76 bits per heavy atom. The second-order valence-corrected chi connectivity index (χ2v) is 4.98. The summed E-state index contributed by atoms with van der Waals surface area (Å²) in [6, 6.07) is 7.61. The minimum Gasteiger partial charge on any atom is -0.399 e. The molecule has 0 bridgehead atoms. The minimum atomic E-state index is -0.00741. The molecule has 6 heteroatoms. The third-order valence-corrected chi connectivity index (χ3v) is 3.01. The van der Waals surface area contributed by atoms with E-state index in [1.54, 1.807) is 19.0 Å². The van der Waals surface area contributed by atoms with Crippen LogP contribution in [0.15, 0.2) is 24.3 Å². The van der Waals surface area contributed by atoms with Crippen LogP contribution in [0.5, 0.6) is 0 Å². The van der Waals surface area contributed by atoms with Gasteiger partial charge in [-0.05, 0) is 30.5 Å². The van der Waals surface area contributed by atoms with Crippen LogP contribution in [0, 0.1) is 0 Å². The zero-order chi connectivity index (χ0) is 15.0. The number of nitrogen functional groups attached to an aromatic ring is 1. The maximum Gasteiger partial charge on any atom is 0.222 e. The van der Waals surface area contributed by atoms with Crippen LogP contribution in [0.3, 0.4) is 0 Å². The highest BCUT2D eigenvalue weighted by Crippen LogP contribution is 2.05. The van der Waals surface area contributed by atoms with Gasteiger partial charge in [0.15, 0.2) is 0 Å². The average Bonchev–Trinajstić information content (AvgIpc) is 2.40. The molecule has 0 atom stereocenters. The smallest absolute Gasteiger partial charge is 0.222 e. The summed E-state index contributed by atoms with van der Waals surface area (Å²) in [5.41, 5.74) is 7.48. The van der Waals surface area contributed by atoms with Crippen LogP contribution in [0.2, 0.25) is 0 Å². The molecule has 0 aromatic heterocycles. The van der Waals surface area contributed by atoms with Gasteiger partial charge in [0.05, 0.1) is 0 Å². The summed E-state index contributed by atoms with van der Waals surface area (Å²) in [5.74, 6) is 0.0478. The normalized spacial score (nSPS) is 9.62. The van der Waals surface area contributed by atoms with Crippen molar-refractivity contribution in [3.63, 3.8) is 0 Å². The van der Waals surface area contributed by atoms with Crippen LogP contribution in [-0.4, -0.2) is 37.4 Å². The number of hydrogen-bond acceptors (Lipinski definition) is 3. The molecule has 0 heterocycles. The van der Waals surface area contributed by atoms with E-state index in [1.165, 1.54) is 0 Å². The van der Waals surface area contributed by atoms with Gasteiger partial charge >= 0.3 is 0 Å². The number of amides is 2. The third-order valence-electron chi connectivity index (χ3n) is 3.01. The van der Waals surface area contributed by atoms with E-state index in [1.807, 2.05) is 24.3 Å². The van der Waals surface area contributed by atoms with Crippen molar-refractivity contribution in [1.29, 1.82) is 0 Å². The first kappa shape index (κ1) is 19.2. The summed E-state index contributed by atoms with van der Waals surface area (Å²) in [6.45, 7) is 0.602. The fourth-order valence-corrected chi connectivity index (χ4v) is 1.74. The lowest BCUT2D eigenvalue weighted by molar-refractivity contribution is -0.128. The predicted octanol–water partition coefficient (Wildman–Crippen LogP) is 1.61. The predicted molar refractivity (Wildman–Crippen MR) is 87.4 cm³/mol. The van der Waals surface area contributed by atoms with Gasteiger partial charge in [-0.2, -0.15) is 0 Å². The number of nitrogens with one attached hydrogen (secondary N) is 1. The number of anilines is 1. The molecule has 3 N–H and O–H groups in total. The van der Waals surface area contributed by atoms with Crippen LogP contribution < -0.4 is 11.1 Å². The Kier molecular flexibility index (Phi) is 9.21. The molecule has 0 unspecified atom stereocenters. The number of hydrogen-bond donors (Lipinski definition) is 2. The second kappa shape index (κ2) is 10.0. The van der Waals surface area contributed by atoms with Gasteiger partial charge in [0, 0.05) is 39.2 Å². The standard InChI is InChI=1S/C15H23N3O2.ClH/c1-18(2)15(20)5-3-4-14(19)17-11-10-12-6-8-13(16)9-7-12;/h6-9H,3-5,10-11,16H2,1-2H3,(H,17,19);1H. The Bertz CT molecular complexity index is 447. The Morgan fingerprint density at radius 3 is 2.33 bits per heavy atom. The van der Waals surface area contributed by atoms with Gasteiger partial charge in [0.2, 0.25) is 11.8 Å². The first-order chi connectivity index (χ1) is 9.49. The van der Waals surface area contributed by atoms with Gasteiger partial charge < -0.3 is 16.0 Å². The zero-order valence-electron chi connectivity index (χ0n) is 12.6. The van der Waals surface area contributed by atoms with Crippen molar-refractivity contribution in [2.75, 3.05) is 26.4 Å². The van der Waals surface area contributed by atoms with Crippen LogP contribution in [-0.2, 0) is 16.0 Å². The van der Waals surface area contributed by atoms with Crippen molar-refractivity contribution in [2.45, 2.75) is 25.7 Å². The molecule has 0 saturated heterocycles. The first-order valence-corrected chi connectivity index (χ1v) is 6.80. The number of halogens is 1. The molecule has 0 aliphatic heterocycles. The van der Waals surface area contributed by atoms with Crippen molar-refractivity contribution in [1.82, 2.24) is 10.2 Å². The van der Waals surface area contributed by atoms with Gasteiger partial charge in [-0.25, -0.2) is 0 Å². The highest BCUT2D eigenvalue weighted by Gasteiger charge is 2.06. The molecule has 0 fully saturated rings. The number of benzene rings is 1. The van der Waals surface area contributed by atoms with Crippen molar-refractivity contribution in [3.8, 4) is 0 Å². The van der Waals surface area contributed by atoms with E-state index < -0.39 is 0 Å². The molecule has 1 rings (SSSR count). The molecular formula is C15H24ClN3O2. The molecule has 0 spiro atoms. The lowest BCUT2D eigenvalue weighted by atomic mass is 10.1. The Hall–Kier alpha value is -1.75. The van der Waals surface area contributed by atoms with Crippen LogP contribution in [0.25, 0.3) is 0 Å². The van der Waals surface area contributed by atoms with Crippen molar-refractivity contribution >= 4 is 29.9 Å². The summed E-state index contributed by atoms with van der Waals surface area (Å²) >= 11 is 0. The lowest BCUT2D eigenvalue weighted by Crippen LogP contribution is -2.26. The van der Waals surface area contributed by atoms with Crippen molar-refractivity contribution in [2.24, 2.45) is 0 Å². The minimum absolute atomic E-state index is 0. The Labute approximate surface area is 132 Å². The van der Waals surface area contributed by atoms with Gasteiger partial charge in [-0.15, -0.1) is 12.4 Å². The zero-order valence-corrected chi connectivity index (χ0v) is 13.4. The van der Waals surface area contributed by atoms with Crippen LogP contribution in [0.4, 0.5) is 5.69 Å². The Morgan fingerprint density at radius 1 is 1.14 bits per heavy atom. The number of rotatable bonds is 7. The molecule has 0 aliphatic rings. The molecule has 1 aromatic rings. The summed E-state index contributed by atoms with van der Waals surface area (Å²) in [4.78, 5) is 24.5. The molecule has 5 nitrogen and oxygen atoms in total. The highest BCUT2D eigenvalue weighted by atomic mass is 35.5. The number of carbonyl (C=O) groups is 2. The SMILES string of the molecule is CN(C)C(=O)CCCC(=O)NCCc1ccc(N)cc1.Cl. The molecule has 0 radical (unpaired) electrons. The van der Waals surface area contributed by atoms with E-state index in [2.05, 4.69) is 5.32 Å². The first-order valence-electron chi connectivity index (χ1n) is 6.80. The quantitative estimate of drug-likeness (QED) is 0.751. The monoisotopic (exact) mass is 313 g/mol. The summed E-state index contributed by atoms with van der Waals surface area (Å²) < 4.78 is 0. The van der Waals surface area contributed by atoms with Crippen LogP contribution >= 0.6 is 12.4 Å². The topological polar surface area (TPSA) is 75.4 Å². The third kappa shape index (κ3) is 8.19. The summed E-state index contributed by atoms with van der Waals surface area (Å²) in [7, 11) is 3.43. The maximum atomic E-state index is 11.6. The number of nitrogens with two attached hydrogens (primary N) is 1. The van der Waals surface area contributed by atoms with E-state index in [4.69, 9.17) is 5.73 Å². The molecular weight excluding hydrogens is 290 g/mol. The number of nitrogens with zero attached hydrogens (tertiary/aromatic N) is 1. The van der Waals surface area contributed by atoms with E-state index >= 15 is 0 Å². The molecule has 2 amide bonds. The molecule has 0 aliphatic carbocycles. The van der Waals surface area contributed by atoms with Crippen molar-refractivity contribution in [3.05, 3.63) is 29.8 Å². The van der Waals surface area contributed by atoms with Crippen molar-refractivity contribution < 1.29 is 9.59 Å². The van der Waals surface area contributed by atoms with E-state index in [0.29, 0.717) is 25.8 Å². The Balaban J connectivity index is 0.00000400. The molecule has 118 valence electrons. The largest absolute Gasteiger partial charge is 0.399 e. The van der Waals surface area contributed by atoms with Gasteiger partial charge in [-0.3, -0.25) is 9.59 Å². The highest BCUT2D eigenvalue weighted by molar-refractivity contribution is 5.85. The fraction of sp³-hybridized carbons (Fsp3) is 0.467. The summed E-state index contributed by atoms with van der Waals surface area (Å²) in [6.07, 6.45) is 2.17. The van der Waals surface area contributed by atoms with Crippen LogP contribution in [0.1, 0.15) is 24.8 Å². The second-order valence-electron chi connectivity index (χ2n) is 4.98. The number of carbonyl (C=O) groups excluding carboxylic acids is 2. The lowest BCUT2D eigenvalue weighted by Gasteiger charge is -2.09. The van der Waals surface area contributed by atoms with E-state index in [-0.39, 0.29) is 24.2 Å². The molecule has 21 heavy (non-hydrogen) atoms. The summed E-state index contributed by atoms with van der Waals surface area (Å²) in [5, 5.41) is 2.85. The molecule has 1 aromatic carbocycles. The maximum absolute atomic E-state index is 11.6. The average molecular weight is 314 g/mol. The van der Waals surface area contributed by atoms with E-state index in [0.717, 1.165) is 17.7 Å². The fourth-order valence-electron chi connectivity index (χ4n) is 1.74. The van der Waals surface area contributed by atoms with E-state index in [9.17, 15) is 9.59 Å².